The van der Waals surface area contributed by atoms with Crippen LogP contribution in [-0.4, -0.2) is 43.3 Å². The highest BCUT2D eigenvalue weighted by molar-refractivity contribution is 5.20. The fourth-order valence-electron chi connectivity index (χ4n) is 3.90. The predicted octanol–water partition coefficient (Wildman–Crippen LogP) is 2.37. The number of morpholine rings is 1. The van der Waals surface area contributed by atoms with E-state index in [1.165, 1.54) is 31.2 Å². The summed E-state index contributed by atoms with van der Waals surface area (Å²) in [6.45, 7) is 4.61. The molecule has 2 aliphatic rings. The van der Waals surface area contributed by atoms with Crippen LogP contribution in [0.3, 0.4) is 0 Å². The molecule has 0 radical (unpaired) electrons. The summed E-state index contributed by atoms with van der Waals surface area (Å²) in [5.41, 5.74) is 7.90. The first-order chi connectivity index (χ1) is 9.84. The molecule has 2 fully saturated rings. The fourth-order valence-corrected chi connectivity index (χ4v) is 3.90. The molecule has 0 unspecified atom stereocenters. The maximum atomic E-state index is 6.17. The van der Waals surface area contributed by atoms with Gasteiger partial charge in [0.05, 0.1) is 13.2 Å². The number of nitrogens with zero attached hydrogens (tertiary/aromatic N) is 1. The largest absolute Gasteiger partial charge is 0.379 e. The van der Waals surface area contributed by atoms with Crippen molar-refractivity contribution in [2.45, 2.75) is 37.1 Å². The normalized spacial score (nSPS) is 32.1. The van der Waals surface area contributed by atoms with Gasteiger partial charge >= 0.3 is 0 Å². The summed E-state index contributed by atoms with van der Waals surface area (Å²) in [7, 11) is 0. The Bertz CT molecular complexity index is 406. The minimum absolute atomic E-state index is 0.231. The highest BCUT2D eigenvalue weighted by Crippen LogP contribution is 2.40. The second kappa shape index (κ2) is 6.25. The van der Waals surface area contributed by atoms with E-state index >= 15 is 0 Å². The molecular weight excluding hydrogens is 248 g/mol. The zero-order chi connectivity index (χ0) is 13.8. The Kier molecular flexibility index (Phi) is 4.39. The summed E-state index contributed by atoms with van der Waals surface area (Å²) in [4.78, 5) is 2.59. The minimum Gasteiger partial charge on any atom is -0.379 e. The smallest absolute Gasteiger partial charge is 0.0594 e. The lowest BCUT2D eigenvalue weighted by Crippen LogP contribution is -2.58. The Labute approximate surface area is 122 Å². The molecule has 3 heteroatoms. The molecule has 0 atom stereocenters. The van der Waals surface area contributed by atoms with Crippen molar-refractivity contribution < 1.29 is 4.74 Å². The van der Waals surface area contributed by atoms with Crippen LogP contribution in [0.15, 0.2) is 30.3 Å². The van der Waals surface area contributed by atoms with Crippen LogP contribution in [0.5, 0.6) is 0 Å². The highest BCUT2D eigenvalue weighted by atomic mass is 16.5. The van der Waals surface area contributed by atoms with Crippen LogP contribution < -0.4 is 5.73 Å². The second-order valence-corrected chi connectivity index (χ2v) is 6.21. The Hall–Kier alpha value is -0.900. The number of rotatable bonds is 3. The van der Waals surface area contributed by atoms with Gasteiger partial charge in [0.2, 0.25) is 0 Å². The van der Waals surface area contributed by atoms with Gasteiger partial charge in [-0.25, -0.2) is 0 Å². The minimum atomic E-state index is 0.231. The number of hydrogen-bond acceptors (Lipinski definition) is 3. The lowest BCUT2D eigenvalue weighted by Gasteiger charge is -2.49. The van der Waals surface area contributed by atoms with Crippen LogP contribution in [0.1, 0.15) is 37.2 Å². The van der Waals surface area contributed by atoms with Crippen molar-refractivity contribution in [3.05, 3.63) is 35.9 Å². The zero-order valence-corrected chi connectivity index (χ0v) is 12.3. The number of ether oxygens (including phenoxy) is 1. The maximum absolute atomic E-state index is 6.17. The maximum Gasteiger partial charge on any atom is 0.0594 e. The quantitative estimate of drug-likeness (QED) is 0.919. The molecule has 1 aliphatic heterocycles. The number of nitrogens with two attached hydrogens (primary N) is 1. The van der Waals surface area contributed by atoms with Crippen LogP contribution in [0.25, 0.3) is 0 Å². The number of hydrogen-bond donors (Lipinski definition) is 1. The molecule has 1 aliphatic carbocycles. The lowest BCUT2D eigenvalue weighted by atomic mass is 9.73. The molecule has 1 aromatic rings. The van der Waals surface area contributed by atoms with E-state index in [9.17, 15) is 0 Å². The van der Waals surface area contributed by atoms with E-state index in [1.807, 2.05) is 0 Å². The molecule has 3 nitrogen and oxygen atoms in total. The van der Waals surface area contributed by atoms with Gasteiger partial charge in [-0.05, 0) is 37.2 Å². The Balaban J connectivity index is 1.66. The van der Waals surface area contributed by atoms with Crippen molar-refractivity contribution in [3.63, 3.8) is 0 Å². The van der Waals surface area contributed by atoms with E-state index in [0.717, 1.165) is 38.8 Å². The van der Waals surface area contributed by atoms with Crippen LogP contribution in [0.2, 0.25) is 0 Å². The predicted molar refractivity (Wildman–Crippen MR) is 81.8 cm³/mol. The molecule has 1 saturated heterocycles. The Morgan fingerprint density at radius 1 is 1.10 bits per heavy atom. The fraction of sp³-hybridized carbons (Fsp3) is 0.647. The van der Waals surface area contributed by atoms with Gasteiger partial charge in [0, 0.05) is 25.2 Å². The van der Waals surface area contributed by atoms with Crippen molar-refractivity contribution in [1.82, 2.24) is 4.90 Å². The van der Waals surface area contributed by atoms with Crippen LogP contribution in [-0.2, 0) is 4.74 Å². The summed E-state index contributed by atoms with van der Waals surface area (Å²) in [5, 5.41) is 0. The van der Waals surface area contributed by atoms with Gasteiger partial charge in [0.1, 0.15) is 0 Å². The third-order valence-electron chi connectivity index (χ3n) is 5.25. The molecule has 3 rings (SSSR count). The lowest BCUT2D eigenvalue weighted by molar-refractivity contribution is -0.0354. The molecule has 1 aromatic carbocycles. The Morgan fingerprint density at radius 2 is 1.75 bits per heavy atom. The van der Waals surface area contributed by atoms with Gasteiger partial charge in [-0.3, -0.25) is 4.90 Å². The van der Waals surface area contributed by atoms with Gasteiger partial charge in [-0.2, -0.15) is 0 Å². The van der Waals surface area contributed by atoms with E-state index in [0.29, 0.717) is 0 Å². The van der Waals surface area contributed by atoms with Crippen LogP contribution in [0, 0.1) is 0 Å². The third kappa shape index (κ3) is 2.76. The van der Waals surface area contributed by atoms with Gasteiger partial charge in [-0.15, -0.1) is 0 Å². The number of benzene rings is 1. The van der Waals surface area contributed by atoms with E-state index in [2.05, 4.69) is 35.2 Å². The average molecular weight is 274 g/mol. The topological polar surface area (TPSA) is 38.5 Å². The van der Waals surface area contributed by atoms with Crippen molar-refractivity contribution >= 4 is 0 Å². The molecule has 110 valence electrons. The van der Waals surface area contributed by atoms with E-state index in [1.54, 1.807) is 0 Å². The zero-order valence-electron chi connectivity index (χ0n) is 12.3. The SMILES string of the molecule is NCC1(N2CCOCC2)CCC(c2ccccc2)CC1. The molecule has 2 N–H and O–H groups in total. The summed E-state index contributed by atoms with van der Waals surface area (Å²) in [5.74, 6) is 0.719. The first-order valence-corrected chi connectivity index (χ1v) is 7.92. The monoisotopic (exact) mass is 274 g/mol. The summed E-state index contributed by atoms with van der Waals surface area (Å²) in [6.07, 6.45) is 4.98. The highest BCUT2D eigenvalue weighted by Gasteiger charge is 2.39. The molecule has 1 saturated carbocycles. The van der Waals surface area contributed by atoms with Gasteiger partial charge in [0.25, 0.3) is 0 Å². The Morgan fingerprint density at radius 3 is 2.35 bits per heavy atom. The molecule has 0 spiro atoms. The van der Waals surface area contributed by atoms with E-state index < -0.39 is 0 Å². The molecule has 20 heavy (non-hydrogen) atoms. The molecular formula is C17H26N2O. The summed E-state index contributed by atoms with van der Waals surface area (Å²) in [6, 6.07) is 11.0. The van der Waals surface area contributed by atoms with Crippen LogP contribution >= 0.6 is 0 Å². The first kappa shape index (κ1) is 14.1. The standard InChI is InChI=1S/C17H26N2O/c18-14-17(19-10-12-20-13-11-19)8-6-16(7-9-17)15-4-2-1-3-5-15/h1-5,16H,6-14,18H2. The average Bonchev–Trinajstić information content (AvgIpc) is 2.56. The second-order valence-electron chi connectivity index (χ2n) is 6.21. The summed E-state index contributed by atoms with van der Waals surface area (Å²) >= 11 is 0. The van der Waals surface area contributed by atoms with Crippen molar-refractivity contribution in [2.24, 2.45) is 5.73 Å². The van der Waals surface area contributed by atoms with Crippen molar-refractivity contribution in [3.8, 4) is 0 Å². The first-order valence-electron chi connectivity index (χ1n) is 7.92. The molecule has 0 amide bonds. The van der Waals surface area contributed by atoms with E-state index in [-0.39, 0.29) is 5.54 Å². The van der Waals surface area contributed by atoms with E-state index in [4.69, 9.17) is 10.5 Å². The molecule has 0 aromatic heterocycles. The third-order valence-corrected chi connectivity index (χ3v) is 5.25. The van der Waals surface area contributed by atoms with Crippen molar-refractivity contribution in [2.75, 3.05) is 32.8 Å². The molecule has 0 bridgehead atoms. The van der Waals surface area contributed by atoms with Gasteiger partial charge in [-0.1, -0.05) is 30.3 Å². The van der Waals surface area contributed by atoms with Gasteiger partial charge < -0.3 is 10.5 Å². The molecule has 1 heterocycles. The van der Waals surface area contributed by atoms with Gasteiger partial charge in [0.15, 0.2) is 0 Å². The summed E-state index contributed by atoms with van der Waals surface area (Å²) < 4.78 is 5.49. The van der Waals surface area contributed by atoms with Crippen molar-refractivity contribution in [1.29, 1.82) is 0 Å². The van der Waals surface area contributed by atoms with Crippen LogP contribution in [0.4, 0.5) is 0 Å².